The molecule has 206 valence electrons. The van der Waals surface area contributed by atoms with E-state index in [2.05, 4.69) is 25.4 Å². The fourth-order valence-corrected chi connectivity index (χ4v) is 4.11. The minimum atomic E-state index is -0.768. The summed E-state index contributed by atoms with van der Waals surface area (Å²) in [5.41, 5.74) is 1.57. The molecule has 0 spiro atoms. The molecule has 0 aliphatic carbocycles. The fourth-order valence-electron chi connectivity index (χ4n) is 4.11. The zero-order valence-corrected chi connectivity index (χ0v) is 21.9. The molecule has 3 aromatic heterocycles. The second-order valence-corrected chi connectivity index (χ2v) is 8.77. The molecule has 0 atom stereocenters. The first kappa shape index (κ1) is 26.9. The number of aryl methyl sites for hydroxylation is 1. The Kier molecular flexibility index (Phi) is 7.78. The van der Waals surface area contributed by atoms with Gasteiger partial charge in [-0.15, -0.1) is 0 Å². The second kappa shape index (κ2) is 11.6. The van der Waals surface area contributed by atoms with E-state index in [0.29, 0.717) is 22.3 Å². The number of halogens is 3. The van der Waals surface area contributed by atoms with E-state index in [1.54, 1.807) is 25.1 Å². The maximum Gasteiger partial charge on any atom is 0.183 e. The molecule has 5 aromatic rings. The summed E-state index contributed by atoms with van der Waals surface area (Å²) in [6.07, 6.45) is 2.55. The lowest BCUT2D eigenvalue weighted by molar-refractivity contribution is 0.146. The predicted octanol–water partition coefficient (Wildman–Crippen LogP) is 5.44. The van der Waals surface area contributed by atoms with Crippen LogP contribution in [0.5, 0.6) is 11.5 Å². The number of nitrogens with one attached hydrogen (secondary N) is 1. The van der Waals surface area contributed by atoms with Crippen molar-refractivity contribution < 1.29 is 27.4 Å². The normalized spacial score (nSPS) is 11.2. The van der Waals surface area contributed by atoms with E-state index < -0.39 is 17.5 Å². The summed E-state index contributed by atoms with van der Waals surface area (Å²) in [6.45, 7) is 1.99. The van der Waals surface area contributed by atoms with Gasteiger partial charge in [0.1, 0.15) is 29.7 Å². The van der Waals surface area contributed by atoms with Gasteiger partial charge in [-0.25, -0.2) is 23.1 Å². The molecular weight excluding hydrogens is 525 g/mol. The summed E-state index contributed by atoms with van der Waals surface area (Å²) in [6, 6.07) is 11.0. The fraction of sp³-hybridized carbons (Fsp3) is 0.214. The number of fused-ring (bicyclic) bond motifs is 1. The minimum Gasteiger partial charge on any atom is -0.491 e. The third kappa shape index (κ3) is 5.52. The minimum absolute atomic E-state index is 0.0642. The zero-order valence-electron chi connectivity index (χ0n) is 21.9. The molecule has 40 heavy (non-hydrogen) atoms. The molecule has 0 radical (unpaired) electrons. The molecule has 2 aromatic carbocycles. The van der Waals surface area contributed by atoms with Crippen LogP contribution in [0.4, 0.5) is 24.7 Å². The van der Waals surface area contributed by atoms with Crippen LogP contribution in [0.1, 0.15) is 11.3 Å². The first-order chi connectivity index (χ1) is 19.4. The highest BCUT2D eigenvalue weighted by molar-refractivity contribution is 5.92. The zero-order chi connectivity index (χ0) is 28.2. The van der Waals surface area contributed by atoms with Crippen molar-refractivity contribution in [2.45, 2.75) is 13.5 Å². The van der Waals surface area contributed by atoms with Gasteiger partial charge >= 0.3 is 0 Å². The van der Waals surface area contributed by atoms with Gasteiger partial charge in [0.05, 0.1) is 43.9 Å². The van der Waals surface area contributed by atoms with Crippen molar-refractivity contribution in [3.05, 3.63) is 83.6 Å². The number of methoxy groups -OCH3 is 2. The van der Waals surface area contributed by atoms with E-state index in [4.69, 9.17) is 14.2 Å². The quantitative estimate of drug-likeness (QED) is 0.230. The SMILES string of the molecule is COCCOc1cc(F)c(Cn2nc(-c3ncc(OC)c(Nc4cc(C)ncc4F)n3)c3ccccc32)c(F)c1. The van der Waals surface area contributed by atoms with E-state index in [1.807, 2.05) is 6.07 Å². The van der Waals surface area contributed by atoms with Crippen LogP contribution in [0.25, 0.3) is 22.4 Å². The number of rotatable bonds is 10. The number of benzene rings is 2. The lowest BCUT2D eigenvalue weighted by Gasteiger charge is -2.12. The van der Waals surface area contributed by atoms with Gasteiger partial charge in [0, 0.05) is 35.9 Å². The average molecular weight is 551 g/mol. The maximum atomic E-state index is 15.0. The molecule has 0 saturated heterocycles. The van der Waals surface area contributed by atoms with Crippen molar-refractivity contribution in [2.75, 3.05) is 32.8 Å². The summed E-state index contributed by atoms with van der Waals surface area (Å²) >= 11 is 0. The van der Waals surface area contributed by atoms with Crippen LogP contribution in [-0.2, 0) is 11.3 Å². The highest BCUT2D eigenvalue weighted by atomic mass is 19.1. The average Bonchev–Trinajstić information content (AvgIpc) is 3.31. The maximum absolute atomic E-state index is 15.0. The van der Waals surface area contributed by atoms with Crippen LogP contribution in [0.2, 0.25) is 0 Å². The molecular formula is C28H25F3N6O3. The monoisotopic (exact) mass is 550 g/mol. The van der Waals surface area contributed by atoms with Gasteiger partial charge in [-0.2, -0.15) is 5.10 Å². The Hall–Kier alpha value is -4.71. The summed E-state index contributed by atoms with van der Waals surface area (Å²) in [4.78, 5) is 12.9. The Labute approximate surface area is 227 Å². The molecule has 0 saturated carbocycles. The Bertz CT molecular complexity index is 1650. The van der Waals surface area contributed by atoms with E-state index in [9.17, 15) is 13.2 Å². The molecule has 9 nitrogen and oxygen atoms in total. The van der Waals surface area contributed by atoms with Gasteiger partial charge in [-0.1, -0.05) is 18.2 Å². The van der Waals surface area contributed by atoms with E-state index in [1.165, 1.54) is 31.2 Å². The van der Waals surface area contributed by atoms with Crippen molar-refractivity contribution in [2.24, 2.45) is 0 Å². The van der Waals surface area contributed by atoms with E-state index >= 15 is 0 Å². The lowest BCUT2D eigenvalue weighted by Crippen LogP contribution is -2.09. The van der Waals surface area contributed by atoms with Crippen molar-refractivity contribution in [3.63, 3.8) is 0 Å². The van der Waals surface area contributed by atoms with Crippen LogP contribution >= 0.6 is 0 Å². The molecule has 0 bridgehead atoms. The van der Waals surface area contributed by atoms with Crippen molar-refractivity contribution in [1.29, 1.82) is 0 Å². The topological polar surface area (TPSA) is 96.2 Å². The first-order valence-corrected chi connectivity index (χ1v) is 12.2. The largest absolute Gasteiger partial charge is 0.491 e. The second-order valence-electron chi connectivity index (χ2n) is 8.77. The van der Waals surface area contributed by atoms with Crippen LogP contribution in [0.3, 0.4) is 0 Å². The number of nitrogens with zero attached hydrogens (tertiary/aromatic N) is 5. The number of aromatic nitrogens is 5. The Morgan fingerprint density at radius 2 is 1.70 bits per heavy atom. The summed E-state index contributed by atoms with van der Waals surface area (Å²) in [5, 5.41) is 8.20. The highest BCUT2D eigenvalue weighted by Gasteiger charge is 2.20. The Morgan fingerprint density at radius 3 is 2.45 bits per heavy atom. The number of hydrogen-bond acceptors (Lipinski definition) is 8. The predicted molar refractivity (Wildman–Crippen MR) is 142 cm³/mol. The molecule has 5 rings (SSSR count). The summed E-state index contributed by atoms with van der Waals surface area (Å²) in [7, 11) is 2.95. The van der Waals surface area contributed by atoms with Crippen LogP contribution in [0, 0.1) is 24.4 Å². The van der Waals surface area contributed by atoms with Gasteiger partial charge in [0.2, 0.25) is 0 Å². The molecule has 0 unspecified atom stereocenters. The van der Waals surface area contributed by atoms with Gasteiger partial charge < -0.3 is 19.5 Å². The van der Waals surface area contributed by atoms with Crippen LogP contribution < -0.4 is 14.8 Å². The molecule has 1 N–H and O–H groups in total. The van der Waals surface area contributed by atoms with Gasteiger partial charge in [0.25, 0.3) is 0 Å². The number of anilines is 2. The summed E-state index contributed by atoms with van der Waals surface area (Å²) < 4.78 is 61.4. The van der Waals surface area contributed by atoms with E-state index in [0.717, 1.165) is 18.3 Å². The number of para-hydroxylation sites is 1. The van der Waals surface area contributed by atoms with Crippen molar-refractivity contribution >= 4 is 22.4 Å². The van der Waals surface area contributed by atoms with Gasteiger partial charge in [-0.05, 0) is 19.1 Å². The molecule has 3 heterocycles. The van der Waals surface area contributed by atoms with Crippen LogP contribution in [-0.4, -0.2) is 52.2 Å². The molecule has 12 heteroatoms. The first-order valence-electron chi connectivity index (χ1n) is 12.2. The molecule has 0 amide bonds. The van der Waals surface area contributed by atoms with Crippen molar-refractivity contribution in [1.82, 2.24) is 24.7 Å². The Morgan fingerprint density at radius 1 is 0.925 bits per heavy atom. The third-order valence-electron chi connectivity index (χ3n) is 6.07. The van der Waals surface area contributed by atoms with Gasteiger partial charge in [-0.3, -0.25) is 9.67 Å². The molecule has 0 aliphatic heterocycles. The van der Waals surface area contributed by atoms with E-state index in [-0.39, 0.29) is 54.2 Å². The van der Waals surface area contributed by atoms with Gasteiger partial charge in [0.15, 0.2) is 23.2 Å². The lowest BCUT2D eigenvalue weighted by atomic mass is 10.1. The summed E-state index contributed by atoms with van der Waals surface area (Å²) in [5.74, 6) is -1.36. The molecule has 0 aliphatic rings. The number of pyridine rings is 1. The van der Waals surface area contributed by atoms with Crippen molar-refractivity contribution in [3.8, 4) is 23.0 Å². The highest BCUT2D eigenvalue weighted by Crippen LogP contribution is 2.32. The smallest absolute Gasteiger partial charge is 0.183 e. The Balaban J connectivity index is 1.52. The van der Waals surface area contributed by atoms with Crippen LogP contribution in [0.15, 0.2) is 54.9 Å². The standard InChI is InChI=1S/C28H25F3N6O3/c1-16-10-23(22(31)13-32-16)34-27-25(39-3)14-33-28(35-27)26-18-6-4-5-7-24(18)37(36-26)15-19-20(29)11-17(12-21(19)30)40-9-8-38-2/h4-7,10-14H,8-9,15H2,1-3H3,(H,32,33,34,35). The third-order valence-corrected chi connectivity index (χ3v) is 6.07. The molecule has 0 fully saturated rings. The number of ether oxygens (including phenoxy) is 3. The number of hydrogen-bond donors (Lipinski definition) is 1.